The highest BCUT2D eigenvalue weighted by molar-refractivity contribution is 5.95. The van der Waals surface area contributed by atoms with Crippen LogP contribution >= 0.6 is 0 Å². The Hall–Kier alpha value is -2.82. The molecule has 0 saturated carbocycles. The second-order valence-electron chi connectivity index (χ2n) is 4.67. The van der Waals surface area contributed by atoms with Crippen molar-refractivity contribution in [1.82, 2.24) is 4.57 Å². The van der Waals surface area contributed by atoms with Crippen LogP contribution in [-0.2, 0) is 7.05 Å². The summed E-state index contributed by atoms with van der Waals surface area (Å²) in [6.07, 6.45) is 1.80. The lowest BCUT2D eigenvalue weighted by molar-refractivity contribution is 0.0913. The van der Waals surface area contributed by atoms with Gasteiger partial charge in [-0.3, -0.25) is 4.79 Å². The van der Waals surface area contributed by atoms with Crippen molar-refractivity contribution >= 4 is 16.8 Å². The summed E-state index contributed by atoms with van der Waals surface area (Å²) in [6.45, 7) is -0.0690. The van der Waals surface area contributed by atoms with Gasteiger partial charge in [0.1, 0.15) is 11.3 Å². The molecule has 0 atom stereocenters. The predicted octanol–water partition coefficient (Wildman–Crippen LogP) is 2.39. The Labute approximate surface area is 120 Å². The van der Waals surface area contributed by atoms with E-state index >= 15 is 0 Å². The van der Waals surface area contributed by atoms with E-state index in [1.807, 2.05) is 0 Å². The van der Waals surface area contributed by atoms with Gasteiger partial charge in [0.2, 0.25) is 5.78 Å². The van der Waals surface area contributed by atoms with E-state index in [0.717, 1.165) is 5.39 Å². The van der Waals surface area contributed by atoms with Gasteiger partial charge in [0.15, 0.2) is 6.61 Å². The number of hydrogen-bond donors (Lipinski definition) is 0. The Bertz CT molecular complexity index is 860. The SMILES string of the molecule is Cn1cccc1C(=O)COc1ccc2ccc(=O)oc2c1. The third kappa shape index (κ3) is 2.72. The van der Waals surface area contributed by atoms with Crippen molar-refractivity contribution in [3.8, 4) is 5.75 Å². The van der Waals surface area contributed by atoms with Crippen LogP contribution < -0.4 is 10.4 Å². The van der Waals surface area contributed by atoms with Gasteiger partial charge < -0.3 is 13.7 Å². The van der Waals surface area contributed by atoms with Crippen molar-refractivity contribution in [3.05, 3.63) is 64.8 Å². The fourth-order valence-corrected chi connectivity index (χ4v) is 2.10. The first kappa shape index (κ1) is 13.2. The van der Waals surface area contributed by atoms with Crippen molar-refractivity contribution in [1.29, 1.82) is 0 Å². The molecule has 5 heteroatoms. The molecule has 0 aliphatic rings. The van der Waals surface area contributed by atoms with Crippen LogP contribution in [0.5, 0.6) is 5.75 Å². The number of nitrogens with zero attached hydrogens (tertiary/aromatic N) is 1. The lowest BCUT2D eigenvalue weighted by Gasteiger charge is -2.07. The number of ether oxygens (including phenoxy) is 1. The smallest absolute Gasteiger partial charge is 0.336 e. The molecule has 1 aromatic carbocycles. The zero-order valence-corrected chi connectivity index (χ0v) is 11.4. The van der Waals surface area contributed by atoms with Gasteiger partial charge in [-0.2, -0.15) is 0 Å². The molecule has 5 nitrogen and oxygen atoms in total. The Balaban J connectivity index is 1.78. The summed E-state index contributed by atoms with van der Waals surface area (Å²) >= 11 is 0. The van der Waals surface area contributed by atoms with E-state index in [1.54, 1.807) is 54.2 Å². The summed E-state index contributed by atoms with van der Waals surface area (Å²) in [5.41, 5.74) is 0.605. The van der Waals surface area contributed by atoms with E-state index in [-0.39, 0.29) is 12.4 Å². The second kappa shape index (κ2) is 5.28. The molecule has 3 aromatic rings. The van der Waals surface area contributed by atoms with Crippen LogP contribution in [0.3, 0.4) is 0 Å². The third-order valence-corrected chi connectivity index (χ3v) is 3.19. The Morgan fingerprint density at radius 1 is 1.24 bits per heavy atom. The predicted molar refractivity (Wildman–Crippen MR) is 77.7 cm³/mol. The molecular formula is C16H13NO4. The number of hydrogen-bond acceptors (Lipinski definition) is 4. The fraction of sp³-hybridized carbons (Fsp3) is 0.125. The van der Waals surface area contributed by atoms with Crippen LogP contribution in [-0.4, -0.2) is 17.0 Å². The molecule has 0 saturated heterocycles. The van der Waals surface area contributed by atoms with Gasteiger partial charge in [-0.1, -0.05) is 0 Å². The molecule has 0 N–H and O–H groups in total. The zero-order chi connectivity index (χ0) is 14.8. The van der Waals surface area contributed by atoms with E-state index in [2.05, 4.69) is 0 Å². The lowest BCUT2D eigenvalue weighted by Crippen LogP contribution is -2.14. The van der Waals surface area contributed by atoms with Crippen molar-refractivity contribution < 1.29 is 13.9 Å². The van der Waals surface area contributed by atoms with Crippen molar-refractivity contribution in [3.63, 3.8) is 0 Å². The Morgan fingerprint density at radius 2 is 2.05 bits per heavy atom. The van der Waals surface area contributed by atoms with Crippen LogP contribution in [0.25, 0.3) is 11.0 Å². The van der Waals surface area contributed by atoms with Gasteiger partial charge in [-0.05, 0) is 30.3 Å². The third-order valence-electron chi connectivity index (χ3n) is 3.19. The monoisotopic (exact) mass is 283 g/mol. The number of carbonyl (C=O) groups is 1. The molecule has 0 bridgehead atoms. The van der Waals surface area contributed by atoms with Gasteiger partial charge in [0.25, 0.3) is 0 Å². The summed E-state index contributed by atoms with van der Waals surface area (Å²) in [6, 6.07) is 11.7. The molecule has 2 aromatic heterocycles. The summed E-state index contributed by atoms with van der Waals surface area (Å²) in [4.78, 5) is 23.2. The molecular weight excluding hydrogens is 270 g/mol. The van der Waals surface area contributed by atoms with E-state index in [1.165, 1.54) is 6.07 Å². The normalized spacial score (nSPS) is 10.7. The molecule has 2 heterocycles. The highest BCUT2D eigenvalue weighted by Crippen LogP contribution is 2.19. The first-order chi connectivity index (χ1) is 10.1. The number of rotatable bonds is 4. The van der Waals surface area contributed by atoms with Crippen LogP contribution in [0.4, 0.5) is 0 Å². The van der Waals surface area contributed by atoms with Gasteiger partial charge in [0, 0.05) is 30.8 Å². The van der Waals surface area contributed by atoms with Crippen LogP contribution in [0.1, 0.15) is 10.5 Å². The van der Waals surface area contributed by atoms with Gasteiger partial charge in [-0.15, -0.1) is 0 Å². The number of benzene rings is 1. The molecule has 106 valence electrons. The molecule has 0 radical (unpaired) electrons. The number of aromatic nitrogens is 1. The van der Waals surface area contributed by atoms with Crippen molar-refractivity contribution in [2.45, 2.75) is 0 Å². The topological polar surface area (TPSA) is 61.4 Å². The molecule has 0 amide bonds. The molecule has 0 unspecified atom stereocenters. The van der Waals surface area contributed by atoms with Crippen LogP contribution in [0, 0.1) is 0 Å². The minimum Gasteiger partial charge on any atom is -0.485 e. The highest BCUT2D eigenvalue weighted by Gasteiger charge is 2.10. The standard InChI is InChI=1S/C16H13NO4/c1-17-8-2-3-13(17)14(18)10-20-12-6-4-11-5-7-16(19)21-15(11)9-12/h2-9H,10H2,1H3. The minimum absolute atomic E-state index is 0.0690. The van der Waals surface area contributed by atoms with Gasteiger partial charge in [-0.25, -0.2) is 4.79 Å². The van der Waals surface area contributed by atoms with E-state index in [4.69, 9.17) is 9.15 Å². The molecule has 0 aliphatic heterocycles. The molecule has 3 rings (SSSR count). The number of carbonyl (C=O) groups excluding carboxylic acids is 1. The average Bonchev–Trinajstić information content (AvgIpc) is 2.90. The second-order valence-corrected chi connectivity index (χ2v) is 4.67. The maximum atomic E-state index is 12.0. The fourth-order valence-electron chi connectivity index (χ4n) is 2.10. The van der Waals surface area contributed by atoms with E-state index in [9.17, 15) is 9.59 Å². The van der Waals surface area contributed by atoms with E-state index < -0.39 is 5.63 Å². The summed E-state index contributed by atoms with van der Waals surface area (Å²) in [7, 11) is 1.80. The minimum atomic E-state index is -0.417. The lowest BCUT2D eigenvalue weighted by atomic mass is 10.2. The number of aryl methyl sites for hydroxylation is 1. The summed E-state index contributed by atoms with van der Waals surface area (Å²) in [5.74, 6) is 0.372. The Morgan fingerprint density at radius 3 is 2.81 bits per heavy atom. The first-order valence-electron chi connectivity index (χ1n) is 6.45. The molecule has 0 spiro atoms. The van der Waals surface area contributed by atoms with E-state index in [0.29, 0.717) is 17.0 Å². The molecule has 0 fully saturated rings. The summed E-state index contributed by atoms with van der Waals surface area (Å²) in [5, 5.41) is 0.802. The largest absolute Gasteiger partial charge is 0.485 e. The van der Waals surface area contributed by atoms with Crippen LogP contribution in [0.15, 0.2) is 57.9 Å². The maximum Gasteiger partial charge on any atom is 0.336 e. The van der Waals surface area contributed by atoms with Gasteiger partial charge >= 0.3 is 5.63 Å². The molecule has 21 heavy (non-hydrogen) atoms. The average molecular weight is 283 g/mol. The summed E-state index contributed by atoms with van der Waals surface area (Å²) < 4.78 is 12.3. The number of ketones is 1. The molecule has 0 aliphatic carbocycles. The highest BCUT2D eigenvalue weighted by atomic mass is 16.5. The van der Waals surface area contributed by atoms with Crippen molar-refractivity contribution in [2.75, 3.05) is 6.61 Å². The first-order valence-corrected chi connectivity index (χ1v) is 6.45. The Kier molecular flexibility index (Phi) is 3.31. The van der Waals surface area contributed by atoms with Crippen LogP contribution in [0.2, 0.25) is 0 Å². The quantitative estimate of drug-likeness (QED) is 0.545. The van der Waals surface area contributed by atoms with Gasteiger partial charge in [0.05, 0.1) is 5.69 Å². The van der Waals surface area contributed by atoms with Crippen molar-refractivity contribution in [2.24, 2.45) is 7.05 Å². The zero-order valence-electron chi connectivity index (χ0n) is 11.4. The maximum absolute atomic E-state index is 12.0. The number of Topliss-reactive ketones (excluding diaryl/α,β-unsaturated/α-hetero) is 1. The number of fused-ring (bicyclic) bond motifs is 1.